The van der Waals surface area contributed by atoms with E-state index in [9.17, 15) is 0 Å². The molecule has 2 nitrogen and oxygen atoms in total. The lowest BCUT2D eigenvalue weighted by atomic mass is 10.1. The molecule has 3 heteroatoms. The number of hydrogen-bond acceptors (Lipinski definition) is 2. The first kappa shape index (κ1) is 13.1. The third kappa shape index (κ3) is 3.56. The van der Waals surface area contributed by atoms with Crippen LogP contribution in [0.15, 0.2) is 36.4 Å². The summed E-state index contributed by atoms with van der Waals surface area (Å²) in [7, 11) is 0. The van der Waals surface area contributed by atoms with Gasteiger partial charge >= 0.3 is 0 Å². The number of benzene rings is 1. The standard InChI is InChI=1S/C15H17ClN2/c1-11-6-7-13(8-15(11)16)9-17-10-14-5-3-4-12(2)18-14/h3-8,17H,9-10H2,1-2H3. The van der Waals surface area contributed by atoms with Crippen molar-refractivity contribution in [3.05, 3.63) is 63.9 Å². The summed E-state index contributed by atoms with van der Waals surface area (Å²) in [4.78, 5) is 4.45. The van der Waals surface area contributed by atoms with Gasteiger partial charge in [0.15, 0.2) is 0 Å². The molecule has 0 bridgehead atoms. The minimum absolute atomic E-state index is 0.771. The Balaban J connectivity index is 1.90. The zero-order valence-electron chi connectivity index (χ0n) is 10.7. The molecule has 0 radical (unpaired) electrons. The maximum Gasteiger partial charge on any atom is 0.0544 e. The van der Waals surface area contributed by atoms with Crippen LogP contribution in [-0.2, 0) is 13.1 Å². The molecular weight excluding hydrogens is 244 g/mol. The number of aromatic nitrogens is 1. The fourth-order valence-electron chi connectivity index (χ4n) is 1.78. The summed E-state index contributed by atoms with van der Waals surface area (Å²) in [6.07, 6.45) is 0. The molecule has 1 N–H and O–H groups in total. The molecule has 18 heavy (non-hydrogen) atoms. The molecule has 1 heterocycles. The SMILES string of the molecule is Cc1cccc(CNCc2ccc(C)c(Cl)c2)n1. The lowest BCUT2D eigenvalue weighted by Crippen LogP contribution is -2.13. The van der Waals surface area contributed by atoms with Crippen LogP contribution < -0.4 is 5.32 Å². The summed E-state index contributed by atoms with van der Waals surface area (Å²) >= 11 is 6.09. The van der Waals surface area contributed by atoms with Crippen molar-refractivity contribution in [3.8, 4) is 0 Å². The summed E-state index contributed by atoms with van der Waals surface area (Å²) in [5.41, 5.74) is 4.42. The zero-order valence-corrected chi connectivity index (χ0v) is 11.5. The van der Waals surface area contributed by atoms with Crippen molar-refractivity contribution in [2.75, 3.05) is 0 Å². The third-order valence-electron chi connectivity index (χ3n) is 2.82. The molecule has 1 aromatic heterocycles. The monoisotopic (exact) mass is 260 g/mol. The molecule has 2 rings (SSSR count). The highest BCUT2D eigenvalue weighted by molar-refractivity contribution is 6.31. The Kier molecular flexibility index (Phi) is 4.34. The van der Waals surface area contributed by atoms with Crippen LogP contribution in [0.1, 0.15) is 22.5 Å². The smallest absolute Gasteiger partial charge is 0.0544 e. The van der Waals surface area contributed by atoms with Crippen LogP contribution in [0.2, 0.25) is 5.02 Å². The number of nitrogens with one attached hydrogen (secondary N) is 1. The van der Waals surface area contributed by atoms with E-state index in [1.165, 1.54) is 5.56 Å². The van der Waals surface area contributed by atoms with Gasteiger partial charge in [0.25, 0.3) is 0 Å². The number of nitrogens with zero attached hydrogens (tertiary/aromatic N) is 1. The van der Waals surface area contributed by atoms with Gasteiger partial charge in [-0.25, -0.2) is 0 Å². The molecule has 0 atom stereocenters. The first-order valence-electron chi connectivity index (χ1n) is 6.03. The van der Waals surface area contributed by atoms with Gasteiger partial charge in [-0.2, -0.15) is 0 Å². The predicted molar refractivity (Wildman–Crippen MR) is 75.7 cm³/mol. The van der Waals surface area contributed by atoms with Crippen molar-refractivity contribution in [1.82, 2.24) is 10.3 Å². The highest BCUT2D eigenvalue weighted by atomic mass is 35.5. The maximum absolute atomic E-state index is 6.09. The van der Waals surface area contributed by atoms with Gasteiger partial charge in [0.05, 0.1) is 5.69 Å². The summed E-state index contributed by atoms with van der Waals surface area (Å²) in [5, 5.41) is 4.19. The van der Waals surface area contributed by atoms with E-state index >= 15 is 0 Å². The second-order valence-corrected chi connectivity index (χ2v) is 4.86. The molecule has 0 fully saturated rings. The molecule has 0 spiro atoms. The molecule has 0 unspecified atom stereocenters. The van der Waals surface area contributed by atoms with Crippen LogP contribution in [0.5, 0.6) is 0 Å². The lowest BCUT2D eigenvalue weighted by molar-refractivity contribution is 0.678. The van der Waals surface area contributed by atoms with Gasteiger partial charge in [0.2, 0.25) is 0 Å². The second-order valence-electron chi connectivity index (χ2n) is 4.46. The first-order chi connectivity index (χ1) is 8.65. The minimum Gasteiger partial charge on any atom is -0.307 e. The molecule has 0 aliphatic rings. The van der Waals surface area contributed by atoms with Crippen LogP contribution in [0.4, 0.5) is 0 Å². The summed E-state index contributed by atoms with van der Waals surface area (Å²) in [6.45, 7) is 5.59. The van der Waals surface area contributed by atoms with E-state index in [2.05, 4.69) is 16.4 Å². The Bertz CT molecular complexity index is 538. The molecule has 0 aliphatic carbocycles. The fourth-order valence-corrected chi connectivity index (χ4v) is 1.98. The topological polar surface area (TPSA) is 24.9 Å². The van der Waals surface area contributed by atoms with Crippen molar-refractivity contribution in [3.63, 3.8) is 0 Å². The normalized spacial score (nSPS) is 10.6. The van der Waals surface area contributed by atoms with Crippen LogP contribution >= 0.6 is 11.6 Å². The molecule has 0 aliphatic heterocycles. The van der Waals surface area contributed by atoms with Crippen LogP contribution in [0, 0.1) is 13.8 Å². The van der Waals surface area contributed by atoms with E-state index in [1.807, 2.05) is 44.2 Å². The van der Waals surface area contributed by atoms with E-state index in [0.29, 0.717) is 0 Å². The summed E-state index contributed by atoms with van der Waals surface area (Å²) in [6, 6.07) is 12.2. The second kappa shape index (κ2) is 5.98. The van der Waals surface area contributed by atoms with Crippen LogP contribution in [0.3, 0.4) is 0 Å². The quantitative estimate of drug-likeness (QED) is 0.908. The fraction of sp³-hybridized carbons (Fsp3) is 0.267. The van der Waals surface area contributed by atoms with E-state index in [-0.39, 0.29) is 0 Å². The summed E-state index contributed by atoms with van der Waals surface area (Å²) < 4.78 is 0. The Morgan fingerprint density at radius 1 is 1.11 bits per heavy atom. The van der Waals surface area contributed by atoms with Crippen molar-refractivity contribution < 1.29 is 0 Å². The molecule has 0 amide bonds. The van der Waals surface area contributed by atoms with E-state index < -0.39 is 0 Å². The number of pyridine rings is 1. The number of aryl methyl sites for hydroxylation is 2. The van der Waals surface area contributed by atoms with Gasteiger partial charge in [0.1, 0.15) is 0 Å². The van der Waals surface area contributed by atoms with Crippen molar-refractivity contribution in [1.29, 1.82) is 0 Å². The van der Waals surface area contributed by atoms with Gasteiger partial charge in [-0.15, -0.1) is 0 Å². The Morgan fingerprint density at radius 2 is 1.94 bits per heavy atom. The van der Waals surface area contributed by atoms with Crippen molar-refractivity contribution in [2.45, 2.75) is 26.9 Å². The van der Waals surface area contributed by atoms with Crippen molar-refractivity contribution >= 4 is 11.6 Å². The largest absolute Gasteiger partial charge is 0.307 e. The first-order valence-corrected chi connectivity index (χ1v) is 6.41. The Labute approximate surface area is 113 Å². The molecule has 1 aromatic carbocycles. The van der Waals surface area contributed by atoms with E-state index in [1.54, 1.807) is 0 Å². The Morgan fingerprint density at radius 3 is 2.67 bits per heavy atom. The van der Waals surface area contributed by atoms with Gasteiger partial charge < -0.3 is 5.32 Å². The van der Waals surface area contributed by atoms with Crippen LogP contribution in [0.25, 0.3) is 0 Å². The molecular formula is C15H17ClN2. The van der Waals surface area contributed by atoms with Crippen LogP contribution in [-0.4, -0.2) is 4.98 Å². The molecule has 94 valence electrons. The number of rotatable bonds is 4. The van der Waals surface area contributed by atoms with Gasteiger partial charge in [-0.1, -0.05) is 29.8 Å². The van der Waals surface area contributed by atoms with Gasteiger partial charge in [-0.05, 0) is 43.2 Å². The highest BCUT2D eigenvalue weighted by Crippen LogP contribution is 2.16. The van der Waals surface area contributed by atoms with E-state index in [4.69, 9.17) is 11.6 Å². The predicted octanol–water partition coefficient (Wildman–Crippen LogP) is 3.64. The summed E-state index contributed by atoms with van der Waals surface area (Å²) in [5.74, 6) is 0. The molecule has 2 aromatic rings. The third-order valence-corrected chi connectivity index (χ3v) is 3.22. The average Bonchev–Trinajstić information content (AvgIpc) is 2.34. The molecule has 0 saturated carbocycles. The van der Waals surface area contributed by atoms with Gasteiger partial charge in [-0.3, -0.25) is 4.98 Å². The number of halogens is 1. The molecule has 0 saturated heterocycles. The van der Waals surface area contributed by atoms with Gasteiger partial charge in [0, 0.05) is 23.8 Å². The lowest BCUT2D eigenvalue weighted by Gasteiger charge is -2.06. The maximum atomic E-state index is 6.09. The Hall–Kier alpha value is -1.38. The van der Waals surface area contributed by atoms with E-state index in [0.717, 1.165) is 35.1 Å². The highest BCUT2D eigenvalue weighted by Gasteiger charge is 1.99. The minimum atomic E-state index is 0.771. The average molecular weight is 261 g/mol. The zero-order chi connectivity index (χ0) is 13.0. The van der Waals surface area contributed by atoms with Crippen molar-refractivity contribution in [2.24, 2.45) is 0 Å². The number of hydrogen-bond donors (Lipinski definition) is 1.